The maximum absolute atomic E-state index is 13.1. The molecule has 1 atom stereocenters. The van der Waals surface area contributed by atoms with Crippen LogP contribution >= 0.6 is 15.9 Å². The third-order valence-electron chi connectivity index (χ3n) is 2.69. The van der Waals surface area contributed by atoms with E-state index in [2.05, 4.69) is 21.2 Å². The molecule has 0 bridgehead atoms. The molecule has 0 aliphatic carbocycles. The van der Waals surface area contributed by atoms with Gasteiger partial charge in [0.15, 0.2) is 11.6 Å². The molecule has 0 saturated carbocycles. The van der Waals surface area contributed by atoms with E-state index in [1.54, 1.807) is 6.07 Å². The molecule has 1 unspecified atom stereocenters. The maximum Gasteiger partial charge on any atom is 0.172 e. The predicted octanol–water partition coefficient (Wildman–Crippen LogP) is 3.02. The lowest BCUT2D eigenvalue weighted by atomic mass is 10.0. The summed E-state index contributed by atoms with van der Waals surface area (Å²) in [7, 11) is 0. The van der Waals surface area contributed by atoms with Crippen LogP contribution < -0.4 is 5.32 Å². The lowest BCUT2D eigenvalue weighted by molar-refractivity contribution is 0.500. The summed E-state index contributed by atoms with van der Waals surface area (Å²) in [6, 6.07) is 3.33. The van der Waals surface area contributed by atoms with Gasteiger partial charge in [-0.05, 0) is 59.4 Å². The van der Waals surface area contributed by atoms with Gasteiger partial charge in [-0.3, -0.25) is 0 Å². The number of hydrogen-bond donors (Lipinski definition) is 1. The Kier molecular flexibility index (Phi) is 3.36. The van der Waals surface area contributed by atoms with Gasteiger partial charge in [-0.1, -0.05) is 0 Å². The van der Waals surface area contributed by atoms with Gasteiger partial charge in [-0.15, -0.1) is 0 Å². The Morgan fingerprint density at radius 3 is 2.80 bits per heavy atom. The van der Waals surface area contributed by atoms with Crippen molar-refractivity contribution in [3.05, 3.63) is 33.8 Å². The smallest absolute Gasteiger partial charge is 0.172 e. The average Bonchev–Trinajstić information content (AvgIpc) is 2.66. The fourth-order valence-electron chi connectivity index (χ4n) is 1.94. The molecule has 0 amide bonds. The van der Waals surface area contributed by atoms with Crippen molar-refractivity contribution in [3.8, 4) is 0 Å². The van der Waals surface area contributed by atoms with Crippen LogP contribution in [0.2, 0.25) is 0 Å². The second-order valence-corrected chi connectivity index (χ2v) is 4.73. The second-order valence-electron chi connectivity index (χ2n) is 3.87. The Morgan fingerprint density at radius 2 is 2.20 bits per heavy atom. The fraction of sp³-hybridized carbons (Fsp3) is 0.455. The summed E-state index contributed by atoms with van der Waals surface area (Å²) in [6.45, 7) is 1.02. The summed E-state index contributed by atoms with van der Waals surface area (Å²) >= 11 is 3.01. The van der Waals surface area contributed by atoms with Crippen molar-refractivity contribution < 1.29 is 8.78 Å². The Morgan fingerprint density at radius 1 is 1.40 bits per heavy atom. The first kappa shape index (κ1) is 11.0. The Bertz CT molecular complexity index is 339. The van der Waals surface area contributed by atoms with Gasteiger partial charge < -0.3 is 5.32 Å². The van der Waals surface area contributed by atoms with E-state index in [1.165, 1.54) is 6.07 Å². The first-order valence-corrected chi connectivity index (χ1v) is 5.83. The molecule has 82 valence electrons. The Hall–Kier alpha value is -0.480. The summed E-state index contributed by atoms with van der Waals surface area (Å²) in [5.74, 6) is -1.59. The topological polar surface area (TPSA) is 12.0 Å². The van der Waals surface area contributed by atoms with Crippen LogP contribution in [-0.2, 0) is 6.42 Å². The third kappa shape index (κ3) is 2.55. The van der Waals surface area contributed by atoms with Crippen molar-refractivity contribution in [1.82, 2.24) is 5.32 Å². The van der Waals surface area contributed by atoms with Crippen LogP contribution in [0, 0.1) is 11.6 Å². The minimum Gasteiger partial charge on any atom is -0.314 e. The second kappa shape index (κ2) is 4.58. The van der Waals surface area contributed by atoms with E-state index in [-0.39, 0.29) is 4.47 Å². The van der Waals surface area contributed by atoms with Crippen LogP contribution in [0.15, 0.2) is 16.6 Å². The molecule has 1 aromatic carbocycles. The van der Waals surface area contributed by atoms with Gasteiger partial charge >= 0.3 is 0 Å². The Labute approximate surface area is 96.0 Å². The van der Waals surface area contributed by atoms with Crippen molar-refractivity contribution in [2.45, 2.75) is 25.3 Å². The summed E-state index contributed by atoms with van der Waals surface area (Å²) < 4.78 is 26.3. The molecule has 0 aromatic heterocycles. The lowest BCUT2D eigenvalue weighted by Crippen LogP contribution is -2.23. The van der Waals surface area contributed by atoms with E-state index in [0.717, 1.165) is 31.4 Å². The van der Waals surface area contributed by atoms with E-state index >= 15 is 0 Å². The molecule has 15 heavy (non-hydrogen) atoms. The molecule has 1 N–H and O–H groups in total. The highest BCUT2D eigenvalue weighted by Crippen LogP contribution is 2.22. The summed E-state index contributed by atoms with van der Waals surface area (Å²) in [6.07, 6.45) is 3.03. The van der Waals surface area contributed by atoms with Gasteiger partial charge in [-0.25, -0.2) is 8.78 Å². The Balaban J connectivity index is 2.14. The van der Waals surface area contributed by atoms with Crippen LogP contribution in [0.1, 0.15) is 18.4 Å². The maximum atomic E-state index is 13.1. The number of benzene rings is 1. The summed E-state index contributed by atoms with van der Waals surface area (Å²) in [5.41, 5.74) is 0.833. The highest BCUT2D eigenvalue weighted by molar-refractivity contribution is 9.10. The van der Waals surface area contributed by atoms with E-state index in [4.69, 9.17) is 0 Å². The molecule has 0 radical (unpaired) electrons. The SMILES string of the molecule is Fc1cc(CC2CCCN2)cc(Br)c1F. The molecule has 1 aliphatic heterocycles. The normalized spacial score (nSPS) is 20.9. The van der Waals surface area contributed by atoms with Crippen LogP contribution in [0.4, 0.5) is 8.78 Å². The van der Waals surface area contributed by atoms with Crippen LogP contribution in [0.3, 0.4) is 0 Å². The lowest BCUT2D eigenvalue weighted by Gasteiger charge is -2.10. The molecule has 1 fully saturated rings. The summed E-state index contributed by atoms with van der Waals surface area (Å²) in [4.78, 5) is 0. The fourth-order valence-corrected chi connectivity index (χ4v) is 2.42. The number of nitrogens with one attached hydrogen (secondary N) is 1. The first-order chi connectivity index (χ1) is 7.16. The van der Waals surface area contributed by atoms with Crippen molar-refractivity contribution in [2.24, 2.45) is 0 Å². The number of rotatable bonds is 2. The molecule has 1 saturated heterocycles. The minimum atomic E-state index is -0.807. The van der Waals surface area contributed by atoms with E-state index in [1.807, 2.05) is 0 Å². The van der Waals surface area contributed by atoms with Gasteiger partial charge in [0, 0.05) is 6.04 Å². The van der Waals surface area contributed by atoms with Gasteiger partial charge in [-0.2, -0.15) is 0 Å². The highest BCUT2D eigenvalue weighted by Gasteiger charge is 2.16. The van der Waals surface area contributed by atoms with Gasteiger partial charge in [0.25, 0.3) is 0 Å². The van der Waals surface area contributed by atoms with Crippen LogP contribution in [0.5, 0.6) is 0 Å². The van der Waals surface area contributed by atoms with E-state index in [9.17, 15) is 8.78 Å². The largest absolute Gasteiger partial charge is 0.314 e. The highest BCUT2D eigenvalue weighted by atomic mass is 79.9. The van der Waals surface area contributed by atoms with Gasteiger partial charge in [0.1, 0.15) is 0 Å². The molecule has 1 aliphatic rings. The predicted molar refractivity (Wildman–Crippen MR) is 58.8 cm³/mol. The zero-order valence-electron chi connectivity index (χ0n) is 8.19. The minimum absolute atomic E-state index is 0.204. The van der Waals surface area contributed by atoms with Gasteiger partial charge in [0.05, 0.1) is 4.47 Å². The van der Waals surface area contributed by atoms with Crippen molar-refractivity contribution in [3.63, 3.8) is 0 Å². The molecule has 1 heterocycles. The molecule has 2 rings (SSSR count). The molecule has 0 spiro atoms. The van der Waals surface area contributed by atoms with Crippen molar-refractivity contribution in [2.75, 3.05) is 6.54 Å². The average molecular weight is 276 g/mol. The zero-order valence-corrected chi connectivity index (χ0v) is 9.78. The quantitative estimate of drug-likeness (QED) is 0.819. The van der Waals surface area contributed by atoms with Crippen LogP contribution in [-0.4, -0.2) is 12.6 Å². The molecule has 4 heteroatoms. The number of halogens is 3. The molecule has 1 aromatic rings. The van der Waals surface area contributed by atoms with Gasteiger partial charge in [0.2, 0.25) is 0 Å². The van der Waals surface area contributed by atoms with E-state index in [0.29, 0.717) is 6.04 Å². The van der Waals surface area contributed by atoms with Crippen LogP contribution in [0.25, 0.3) is 0 Å². The molecule has 1 nitrogen and oxygen atoms in total. The van der Waals surface area contributed by atoms with E-state index < -0.39 is 11.6 Å². The first-order valence-electron chi connectivity index (χ1n) is 5.03. The van der Waals surface area contributed by atoms with Crippen molar-refractivity contribution in [1.29, 1.82) is 0 Å². The molecular formula is C11H12BrF2N. The monoisotopic (exact) mass is 275 g/mol. The standard InChI is InChI=1S/C11H12BrF2N/c12-9-5-7(6-10(13)11(9)14)4-8-2-1-3-15-8/h5-6,8,15H,1-4H2. The third-order valence-corrected chi connectivity index (χ3v) is 3.27. The number of hydrogen-bond acceptors (Lipinski definition) is 1. The van der Waals surface area contributed by atoms with Crippen molar-refractivity contribution >= 4 is 15.9 Å². The summed E-state index contributed by atoms with van der Waals surface area (Å²) in [5, 5.41) is 3.33. The molecular weight excluding hydrogens is 264 g/mol. The zero-order chi connectivity index (χ0) is 10.8.